The van der Waals surface area contributed by atoms with Crippen LogP contribution in [0.5, 0.6) is 0 Å². The predicted octanol–water partition coefficient (Wildman–Crippen LogP) is 3.83. The Bertz CT molecular complexity index is 506. The van der Waals surface area contributed by atoms with Gasteiger partial charge >= 0.3 is 12.0 Å². The number of halogens is 2. The van der Waals surface area contributed by atoms with E-state index in [9.17, 15) is 9.59 Å². The van der Waals surface area contributed by atoms with Gasteiger partial charge in [-0.3, -0.25) is 0 Å². The summed E-state index contributed by atoms with van der Waals surface area (Å²) in [5.74, 6) is -0.862. The Labute approximate surface area is 134 Å². The summed E-state index contributed by atoms with van der Waals surface area (Å²) in [5, 5.41) is 14.1. The molecule has 5 nitrogen and oxygen atoms in total. The van der Waals surface area contributed by atoms with Crippen LogP contribution in [-0.4, -0.2) is 23.1 Å². The second-order valence-electron chi connectivity index (χ2n) is 4.74. The van der Waals surface area contributed by atoms with Crippen LogP contribution in [-0.2, 0) is 4.79 Å². The maximum atomic E-state index is 11.8. The molecule has 0 saturated heterocycles. The van der Waals surface area contributed by atoms with E-state index in [1.54, 1.807) is 18.2 Å². The van der Waals surface area contributed by atoms with Crippen LogP contribution in [0.15, 0.2) is 27.1 Å². The average molecular weight is 408 g/mol. The van der Waals surface area contributed by atoms with Crippen LogP contribution in [0, 0.1) is 5.92 Å². The van der Waals surface area contributed by atoms with Crippen LogP contribution in [0.1, 0.15) is 20.3 Å². The minimum atomic E-state index is -1.04. The number of rotatable bonds is 5. The number of carboxylic acid groups (broad SMARTS) is 1. The minimum absolute atomic E-state index is 0.177. The van der Waals surface area contributed by atoms with Gasteiger partial charge in [-0.05, 0) is 46.5 Å². The van der Waals surface area contributed by atoms with Gasteiger partial charge in [0.05, 0.1) is 5.69 Å². The Morgan fingerprint density at radius 1 is 1.30 bits per heavy atom. The number of benzene rings is 1. The van der Waals surface area contributed by atoms with Crippen LogP contribution in [0.4, 0.5) is 10.5 Å². The van der Waals surface area contributed by atoms with Crippen molar-refractivity contribution in [2.24, 2.45) is 5.92 Å². The molecule has 0 bridgehead atoms. The van der Waals surface area contributed by atoms with Gasteiger partial charge in [0.15, 0.2) is 0 Å². The molecular weight excluding hydrogens is 392 g/mol. The first kappa shape index (κ1) is 17.0. The Morgan fingerprint density at radius 2 is 1.95 bits per heavy atom. The van der Waals surface area contributed by atoms with Crippen molar-refractivity contribution in [3.63, 3.8) is 0 Å². The summed E-state index contributed by atoms with van der Waals surface area (Å²) >= 11 is 6.64. The summed E-state index contributed by atoms with van der Waals surface area (Å²) in [7, 11) is 0. The van der Waals surface area contributed by atoms with E-state index in [2.05, 4.69) is 42.5 Å². The number of hydrogen-bond donors (Lipinski definition) is 3. The molecule has 0 spiro atoms. The molecule has 0 aliphatic carbocycles. The molecule has 0 unspecified atom stereocenters. The standard InChI is InChI=1S/C13H16Br2N2O3/c1-7(2)5-11(12(18)19)17-13(20)16-10-4-3-8(14)6-9(10)15/h3-4,6-7,11H,5H2,1-2H3,(H,18,19)(H2,16,17,20)/t11-/m0/s1. The molecule has 20 heavy (non-hydrogen) atoms. The minimum Gasteiger partial charge on any atom is -0.480 e. The molecule has 2 amide bonds. The molecule has 0 aliphatic heterocycles. The number of carbonyl (C=O) groups excluding carboxylic acids is 1. The third-order valence-corrected chi connectivity index (χ3v) is 3.64. The summed E-state index contributed by atoms with van der Waals surface area (Å²) in [6, 6.07) is 3.85. The Balaban J connectivity index is 2.68. The molecule has 0 heterocycles. The highest BCUT2D eigenvalue weighted by Crippen LogP contribution is 2.26. The van der Waals surface area contributed by atoms with E-state index in [4.69, 9.17) is 5.11 Å². The van der Waals surface area contributed by atoms with Gasteiger partial charge in [-0.15, -0.1) is 0 Å². The van der Waals surface area contributed by atoms with E-state index >= 15 is 0 Å². The van der Waals surface area contributed by atoms with Crippen LogP contribution in [0.2, 0.25) is 0 Å². The SMILES string of the molecule is CC(C)C[C@H](NC(=O)Nc1ccc(Br)cc1Br)C(=O)O. The lowest BCUT2D eigenvalue weighted by molar-refractivity contribution is -0.139. The van der Waals surface area contributed by atoms with E-state index in [0.29, 0.717) is 16.6 Å². The van der Waals surface area contributed by atoms with Crippen molar-refractivity contribution >= 4 is 49.5 Å². The molecule has 0 fully saturated rings. The fourth-order valence-corrected chi connectivity index (χ4v) is 2.75. The maximum absolute atomic E-state index is 11.8. The predicted molar refractivity (Wildman–Crippen MR) is 84.9 cm³/mol. The lowest BCUT2D eigenvalue weighted by atomic mass is 10.0. The average Bonchev–Trinajstić information content (AvgIpc) is 2.31. The zero-order valence-corrected chi connectivity index (χ0v) is 14.3. The van der Waals surface area contributed by atoms with Crippen molar-refractivity contribution < 1.29 is 14.7 Å². The monoisotopic (exact) mass is 406 g/mol. The molecule has 0 saturated carbocycles. The van der Waals surface area contributed by atoms with Gasteiger partial charge in [0, 0.05) is 8.95 Å². The summed E-state index contributed by atoms with van der Waals surface area (Å²) in [6.07, 6.45) is 0.379. The summed E-state index contributed by atoms with van der Waals surface area (Å²) in [4.78, 5) is 22.9. The number of aliphatic carboxylic acids is 1. The third-order valence-electron chi connectivity index (χ3n) is 2.49. The highest BCUT2D eigenvalue weighted by Gasteiger charge is 2.21. The number of anilines is 1. The van der Waals surface area contributed by atoms with Crippen LogP contribution >= 0.6 is 31.9 Å². The van der Waals surface area contributed by atoms with Crippen molar-refractivity contribution in [3.05, 3.63) is 27.1 Å². The van der Waals surface area contributed by atoms with E-state index in [1.807, 2.05) is 13.8 Å². The Morgan fingerprint density at radius 3 is 2.45 bits per heavy atom. The van der Waals surface area contributed by atoms with Crippen molar-refractivity contribution in [2.75, 3.05) is 5.32 Å². The van der Waals surface area contributed by atoms with Gasteiger partial charge in [0.2, 0.25) is 0 Å². The Hall–Kier alpha value is -1.08. The number of urea groups is 1. The third kappa shape index (κ3) is 5.50. The largest absolute Gasteiger partial charge is 0.480 e. The smallest absolute Gasteiger partial charge is 0.326 e. The maximum Gasteiger partial charge on any atom is 0.326 e. The highest BCUT2D eigenvalue weighted by atomic mass is 79.9. The number of nitrogens with one attached hydrogen (secondary N) is 2. The van der Waals surface area contributed by atoms with Gasteiger partial charge in [0.25, 0.3) is 0 Å². The van der Waals surface area contributed by atoms with Crippen LogP contribution < -0.4 is 10.6 Å². The lowest BCUT2D eigenvalue weighted by Crippen LogP contribution is -2.43. The molecule has 110 valence electrons. The van der Waals surface area contributed by atoms with Crippen LogP contribution in [0.25, 0.3) is 0 Å². The number of hydrogen-bond acceptors (Lipinski definition) is 2. The van der Waals surface area contributed by atoms with Gasteiger partial charge < -0.3 is 15.7 Å². The lowest BCUT2D eigenvalue weighted by Gasteiger charge is -2.17. The number of amides is 2. The first-order valence-corrected chi connectivity index (χ1v) is 7.63. The first-order chi connectivity index (χ1) is 9.29. The van der Waals surface area contributed by atoms with Gasteiger partial charge in [-0.2, -0.15) is 0 Å². The van der Waals surface area contributed by atoms with Crippen molar-refractivity contribution in [3.8, 4) is 0 Å². The first-order valence-electron chi connectivity index (χ1n) is 6.05. The van der Waals surface area contributed by atoms with Crippen molar-refractivity contribution in [1.29, 1.82) is 0 Å². The van der Waals surface area contributed by atoms with Crippen molar-refractivity contribution in [1.82, 2.24) is 5.32 Å². The molecular formula is C13H16Br2N2O3. The zero-order valence-electron chi connectivity index (χ0n) is 11.1. The number of carbonyl (C=O) groups is 2. The molecule has 1 rings (SSSR count). The van der Waals surface area contributed by atoms with E-state index in [0.717, 1.165) is 4.47 Å². The fourth-order valence-electron chi connectivity index (χ4n) is 1.60. The van der Waals surface area contributed by atoms with E-state index in [1.165, 1.54) is 0 Å². The van der Waals surface area contributed by atoms with Crippen LogP contribution in [0.3, 0.4) is 0 Å². The molecule has 0 aliphatic rings. The van der Waals surface area contributed by atoms with Gasteiger partial charge in [0.1, 0.15) is 6.04 Å². The van der Waals surface area contributed by atoms with Gasteiger partial charge in [-0.1, -0.05) is 29.8 Å². The normalized spacial score (nSPS) is 12.1. The zero-order chi connectivity index (χ0) is 15.3. The summed E-state index contributed by atoms with van der Waals surface area (Å²) in [6.45, 7) is 3.81. The topological polar surface area (TPSA) is 78.4 Å². The molecule has 0 aromatic heterocycles. The van der Waals surface area contributed by atoms with E-state index < -0.39 is 18.0 Å². The molecule has 3 N–H and O–H groups in total. The Kier molecular flexibility index (Phi) is 6.48. The van der Waals surface area contributed by atoms with E-state index in [-0.39, 0.29) is 5.92 Å². The second-order valence-corrected chi connectivity index (χ2v) is 6.51. The molecule has 1 aromatic carbocycles. The van der Waals surface area contributed by atoms with Gasteiger partial charge in [-0.25, -0.2) is 9.59 Å². The summed E-state index contributed by atoms with van der Waals surface area (Å²) in [5.41, 5.74) is 0.569. The summed E-state index contributed by atoms with van der Waals surface area (Å²) < 4.78 is 1.58. The molecule has 1 atom stereocenters. The van der Waals surface area contributed by atoms with Crippen molar-refractivity contribution in [2.45, 2.75) is 26.3 Å². The fraction of sp³-hybridized carbons (Fsp3) is 0.385. The molecule has 1 aromatic rings. The molecule has 0 radical (unpaired) electrons. The quantitative estimate of drug-likeness (QED) is 0.693. The second kappa shape index (κ2) is 7.64. The molecule has 7 heteroatoms. The highest BCUT2D eigenvalue weighted by molar-refractivity contribution is 9.11. The number of carboxylic acids is 1.